The van der Waals surface area contributed by atoms with Crippen molar-refractivity contribution in [3.63, 3.8) is 0 Å². The SMILES string of the molecule is O=C1O/C(=C\c2ccc(Br)cc2)c2ccccc21. The molecule has 0 saturated heterocycles. The third kappa shape index (κ3) is 1.97. The number of benzene rings is 2. The van der Waals surface area contributed by atoms with Crippen LogP contribution in [-0.4, -0.2) is 5.97 Å². The van der Waals surface area contributed by atoms with E-state index >= 15 is 0 Å². The molecule has 1 aliphatic heterocycles. The number of esters is 1. The average Bonchev–Trinajstić information content (AvgIpc) is 2.70. The Morgan fingerprint density at radius 2 is 1.61 bits per heavy atom. The monoisotopic (exact) mass is 300 g/mol. The van der Waals surface area contributed by atoms with Gasteiger partial charge in [-0.1, -0.05) is 46.3 Å². The molecule has 88 valence electrons. The van der Waals surface area contributed by atoms with Crippen LogP contribution in [0.3, 0.4) is 0 Å². The van der Waals surface area contributed by atoms with Crippen LogP contribution in [0, 0.1) is 0 Å². The fourth-order valence-electron chi connectivity index (χ4n) is 1.90. The molecule has 0 N–H and O–H groups in total. The van der Waals surface area contributed by atoms with Crippen molar-refractivity contribution in [2.45, 2.75) is 0 Å². The van der Waals surface area contributed by atoms with Crippen molar-refractivity contribution in [2.75, 3.05) is 0 Å². The first-order valence-corrected chi connectivity index (χ1v) is 6.32. The highest BCUT2D eigenvalue weighted by molar-refractivity contribution is 9.10. The minimum atomic E-state index is -0.283. The van der Waals surface area contributed by atoms with Crippen molar-refractivity contribution in [1.82, 2.24) is 0 Å². The third-order valence-corrected chi connectivity index (χ3v) is 3.31. The van der Waals surface area contributed by atoms with Crippen LogP contribution in [0.2, 0.25) is 0 Å². The van der Waals surface area contributed by atoms with Crippen LogP contribution in [0.15, 0.2) is 53.0 Å². The molecule has 0 aromatic heterocycles. The second-order valence-electron chi connectivity index (χ2n) is 4.00. The van der Waals surface area contributed by atoms with Gasteiger partial charge in [-0.3, -0.25) is 0 Å². The van der Waals surface area contributed by atoms with Gasteiger partial charge in [-0.25, -0.2) is 4.79 Å². The summed E-state index contributed by atoms with van der Waals surface area (Å²) in [5, 5.41) is 0. The molecule has 3 rings (SSSR count). The Morgan fingerprint density at radius 3 is 2.33 bits per heavy atom. The van der Waals surface area contributed by atoms with Crippen molar-refractivity contribution in [1.29, 1.82) is 0 Å². The Bertz CT molecular complexity index is 642. The van der Waals surface area contributed by atoms with E-state index in [4.69, 9.17) is 4.74 Å². The van der Waals surface area contributed by atoms with E-state index in [2.05, 4.69) is 15.9 Å². The second kappa shape index (κ2) is 4.42. The standard InChI is InChI=1S/C15H9BrO2/c16-11-7-5-10(6-8-11)9-14-12-3-1-2-4-13(12)15(17)18-14/h1-9H/b14-9-. The molecular weight excluding hydrogens is 292 g/mol. The fourth-order valence-corrected chi connectivity index (χ4v) is 2.17. The number of ether oxygens (including phenoxy) is 1. The van der Waals surface area contributed by atoms with Crippen molar-refractivity contribution in [3.05, 3.63) is 69.7 Å². The maximum absolute atomic E-state index is 11.6. The normalized spacial score (nSPS) is 15.6. The van der Waals surface area contributed by atoms with Crippen LogP contribution in [0.25, 0.3) is 11.8 Å². The highest BCUT2D eigenvalue weighted by Crippen LogP contribution is 2.31. The first kappa shape index (κ1) is 11.2. The van der Waals surface area contributed by atoms with Gasteiger partial charge in [0.15, 0.2) is 0 Å². The maximum atomic E-state index is 11.6. The van der Waals surface area contributed by atoms with Crippen molar-refractivity contribution >= 4 is 33.7 Å². The zero-order valence-electron chi connectivity index (χ0n) is 9.39. The number of cyclic esters (lactones) is 1. The number of hydrogen-bond acceptors (Lipinski definition) is 2. The second-order valence-corrected chi connectivity index (χ2v) is 4.91. The van der Waals surface area contributed by atoms with Crippen LogP contribution >= 0.6 is 15.9 Å². The first-order valence-electron chi connectivity index (χ1n) is 5.53. The largest absolute Gasteiger partial charge is 0.422 e. The van der Waals surface area contributed by atoms with E-state index in [0.717, 1.165) is 15.6 Å². The molecule has 3 heteroatoms. The number of halogens is 1. The molecule has 0 aliphatic carbocycles. The Labute approximate surface area is 113 Å². The molecule has 0 amide bonds. The van der Waals surface area contributed by atoms with Gasteiger partial charge in [0.2, 0.25) is 0 Å². The number of carbonyl (C=O) groups is 1. The van der Waals surface area contributed by atoms with Crippen molar-refractivity contribution < 1.29 is 9.53 Å². The average molecular weight is 301 g/mol. The lowest BCUT2D eigenvalue weighted by Crippen LogP contribution is -1.92. The summed E-state index contributed by atoms with van der Waals surface area (Å²) in [6, 6.07) is 15.2. The predicted molar refractivity (Wildman–Crippen MR) is 73.9 cm³/mol. The van der Waals surface area contributed by atoms with Crippen LogP contribution in [0.5, 0.6) is 0 Å². The summed E-state index contributed by atoms with van der Waals surface area (Å²) in [5.74, 6) is 0.326. The Hall–Kier alpha value is -1.87. The lowest BCUT2D eigenvalue weighted by molar-refractivity contribution is 0.0717. The van der Waals surface area contributed by atoms with Crippen LogP contribution in [-0.2, 0) is 4.74 Å². The van der Waals surface area contributed by atoms with E-state index in [0.29, 0.717) is 11.3 Å². The van der Waals surface area contributed by atoms with Gasteiger partial charge < -0.3 is 4.74 Å². The van der Waals surface area contributed by atoms with Gasteiger partial charge in [0.25, 0.3) is 0 Å². The van der Waals surface area contributed by atoms with Gasteiger partial charge in [-0.2, -0.15) is 0 Å². The number of carbonyl (C=O) groups excluding carboxylic acids is 1. The molecule has 0 radical (unpaired) electrons. The quantitative estimate of drug-likeness (QED) is 0.741. The summed E-state index contributed by atoms with van der Waals surface area (Å²) >= 11 is 3.39. The predicted octanol–water partition coefficient (Wildman–Crippen LogP) is 4.12. The molecular formula is C15H9BrO2. The molecule has 18 heavy (non-hydrogen) atoms. The smallest absolute Gasteiger partial charge is 0.344 e. The Kier molecular flexibility index (Phi) is 2.76. The van der Waals surface area contributed by atoms with E-state index in [1.807, 2.05) is 48.5 Å². The maximum Gasteiger partial charge on any atom is 0.344 e. The highest BCUT2D eigenvalue weighted by Gasteiger charge is 2.25. The number of fused-ring (bicyclic) bond motifs is 1. The van der Waals surface area contributed by atoms with E-state index < -0.39 is 0 Å². The van der Waals surface area contributed by atoms with E-state index in [1.165, 1.54) is 0 Å². The topological polar surface area (TPSA) is 26.3 Å². The summed E-state index contributed by atoms with van der Waals surface area (Å²) in [6.07, 6.45) is 1.87. The zero-order valence-corrected chi connectivity index (χ0v) is 11.0. The minimum Gasteiger partial charge on any atom is -0.422 e. The van der Waals surface area contributed by atoms with Crippen LogP contribution < -0.4 is 0 Å². The van der Waals surface area contributed by atoms with Crippen LogP contribution in [0.1, 0.15) is 21.5 Å². The minimum absolute atomic E-state index is 0.283. The summed E-state index contributed by atoms with van der Waals surface area (Å²) in [4.78, 5) is 11.6. The molecule has 1 aliphatic rings. The molecule has 0 unspecified atom stereocenters. The summed E-state index contributed by atoms with van der Waals surface area (Å²) < 4.78 is 6.30. The molecule has 2 aromatic rings. The van der Waals surface area contributed by atoms with E-state index in [9.17, 15) is 4.79 Å². The zero-order chi connectivity index (χ0) is 12.5. The van der Waals surface area contributed by atoms with E-state index in [-0.39, 0.29) is 5.97 Å². The molecule has 2 aromatic carbocycles. The van der Waals surface area contributed by atoms with Crippen LogP contribution in [0.4, 0.5) is 0 Å². The van der Waals surface area contributed by atoms with Crippen molar-refractivity contribution in [3.8, 4) is 0 Å². The van der Waals surface area contributed by atoms with Gasteiger partial charge >= 0.3 is 5.97 Å². The number of rotatable bonds is 1. The number of hydrogen-bond donors (Lipinski definition) is 0. The van der Waals surface area contributed by atoms with Gasteiger partial charge in [0, 0.05) is 10.0 Å². The fraction of sp³-hybridized carbons (Fsp3) is 0. The third-order valence-electron chi connectivity index (χ3n) is 2.78. The Morgan fingerprint density at radius 1 is 0.944 bits per heavy atom. The summed E-state index contributed by atoms with van der Waals surface area (Å²) in [5.41, 5.74) is 2.48. The molecule has 0 spiro atoms. The molecule has 0 bridgehead atoms. The van der Waals surface area contributed by atoms with E-state index in [1.54, 1.807) is 6.07 Å². The van der Waals surface area contributed by atoms with Gasteiger partial charge in [-0.15, -0.1) is 0 Å². The molecule has 1 heterocycles. The van der Waals surface area contributed by atoms with Crippen molar-refractivity contribution in [2.24, 2.45) is 0 Å². The highest BCUT2D eigenvalue weighted by atomic mass is 79.9. The molecule has 0 saturated carbocycles. The lowest BCUT2D eigenvalue weighted by atomic mass is 10.1. The Balaban J connectivity index is 2.04. The summed E-state index contributed by atoms with van der Waals surface area (Å²) in [6.45, 7) is 0. The summed E-state index contributed by atoms with van der Waals surface area (Å²) in [7, 11) is 0. The van der Waals surface area contributed by atoms with Gasteiger partial charge in [-0.05, 0) is 29.8 Å². The van der Waals surface area contributed by atoms with Gasteiger partial charge in [0.1, 0.15) is 5.76 Å². The molecule has 2 nitrogen and oxygen atoms in total. The molecule has 0 fully saturated rings. The lowest BCUT2D eigenvalue weighted by Gasteiger charge is -1.99. The first-order chi connectivity index (χ1) is 8.74. The molecule has 0 atom stereocenters. The van der Waals surface area contributed by atoms with Gasteiger partial charge in [0.05, 0.1) is 5.56 Å².